The third kappa shape index (κ3) is 5.02. The fourth-order valence-corrected chi connectivity index (χ4v) is 3.46. The molecule has 1 fully saturated rings. The van der Waals surface area contributed by atoms with Gasteiger partial charge in [0.15, 0.2) is 0 Å². The van der Waals surface area contributed by atoms with E-state index in [0.29, 0.717) is 26.1 Å². The maximum absolute atomic E-state index is 13.4. The fourth-order valence-electron chi connectivity index (χ4n) is 3.46. The molecule has 1 atom stereocenters. The number of carbonyl (C=O) groups excluding carboxylic acids is 2. The number of amides is 1. The predicted molar refractivity (Wildman–Crippen MR) is 112 cm³/mol. The lowest BCUT2D eigenvalue weighted by molar-refractivity contribution is -0.150. The van der Waals surface area contributed by atoms with Crippen molar-refractivity contribution in [3.05, 3.63) is 70.1 Å². The van der Waals surface area contributed by atoms with Crippen LogP contribution >= 0.6 is 0 Å². The Balaban J connectivity index is 1.94. The summed E-state index contributed by atoms with van der Waals surface area (Å²) in [5.74, 6) is -0.875. The van der Waals surface area contributed by atoms with Crippen molar-refractivity contribution in [2.24, 2.45) is 5.92 Å². The standard InChI is InChI=1S/C23H26N2O4/c1-3-29-23(28)19-7-6-13-24(16-19)22(27)20(25-14-5-4-8-21(25)26)15-18-11-9-17(2)10-12-18/h4-5,8-12,14-15,19H,3,6-7,13,16H2,1-2H3/b20-15+. The Hall–Kier alpha value is -3.15. The maximum Gasteiger partial charge on any atom is 0.310 e. The van der Waals surface area contributed by atoms with Crippen molar-refractivity contribution >= 4 is 23.6 Å². The highest BCUT2D eigenvalue weighted by Gasteiger charge is 2.31. The number of aryl methyl sites for hydroxylation is 1. The number of benzene rings is 1. The van der Waals surface area contributed by atoms with Gasteiger partial charge in [0.2, 0.25) is 0 Å². The lowest BCUT2D eigenvalue weighted by atomic mass is 9.97. The van der Waals surface area contributed by atoms with Gasteiger partial charge in [0.25, 0.3) is 11.5 Å². The highest BCUT2D eigenvalue weighted by molar-refractivity contribution is 6.18. The van der Waals surface area contributed by atoms with Crippen molar-refractivity contribution in [3.63, 3.8) is 0 Å². The van der Waals surface area contributed by atoms with Crippen molar-refractivity contribution in [2.45, 2.75) is 26.7 Å². The number of ether oxygens (including phenoxy) is 1. The summed E-state index contributed by atoms with van der Waals surface area (Å²) < 4.78 is 6.49. The van der Waals surface area contributed by atoms with Crippen LogP contribution in [-0.4, -0.2) is 41.0 Å². The minimum atomic E-state index is -0.333. The van der Waals surface area contributed by atoms with Crippen LogP contribution in [0.2, 0.25) is 0 Å². The number of hydrogen-bond acceptors (Lipinski definition) is 4. The van der Waals surface area contributed by atoms with Crippen molar-refractivity contribution in [3.8, 4) is 0 Å². The summed E-state index contributed by atoms with van der Waals surface area (Å²) >= 11 is 0. The van der Waals surface area contributed by atoms with Crippen LogP contribution < -0.4 is 5.56 Å². The highest BCUT2D eigenvalue weighted by Crippen LogP contribution is 2.22. The molecular formula is C23H26N2O4. The first-order valence-electron chi connectivity index (χ1n) is 9.92. The van der Waals surface area contributed by atoms with Gasteiger partial charge < -0.3 is 9.64 Å². The van der Waals surface area contributed by atoms with E-state index < -0.39 is 0 Å². The van der Waals surface area contributed by atoms with E-state index in [2.05, 4.69) is 0 Å². The Morgan fingerprint density at radius 3 is 2.62 bits per heavy atom. The molecule has 0 aliphatic carbocycles. The molecule has 6 heteroatoms. The van der Waals surface area contributed by atoms with E-state index in [4.69, 9.17) is 4.74 Å². The Labute approximate surface area is 170 Å². The van der Waals surface area contributed by atoms with Gasteiger partial charge in [0.1, 0.15) is 5.70 Å². The molecule has 0 saturated carbocycles. The predicted octanol–water partition coefficient (Wildman–Crippen LogP) is 2.96. The van der Waals surface area contributed by atoms with Gasteiger partial charge in [-0.15, -0.1) is 0 Å². The van der Waals surface area contributed by atoms with Gasteiger partial charge in [-0.05, 0) is 44.4 Å². The quantitative estimate of drug-likeness (QED) is 0.578. The van der Waals surface area contributed by atoms with E-state index in [1.165, 1.54) is 10.6 Å². The topological polar surface area (TPSA) is 68.6 Å². The molecule has 1 aromatic carbocycles. The van der Waals surface area contributed by atoms with Crippen molar-refractivity contribution < 1.29 is 14.3 Å². The van der Waals surface area contributed by atoms with Gasteiger partial charge in [0, 0.05) is 25.4 Å². The number of piperidine rings is 1. The maximum atomic E-state index is 13.4. The van der Waals surface area contributed by atoms with Crippen molar-refractivity contribution in [1.82, 2.24) is 9.47 Å². The van der Waals surface area contributed by atoms with E-state index >= 15 is 0 Å². The molecule has 2 heterocycles. The monoisotopic (exact) mass is 394 g/mol. The molecule has 0 N–H and O–H groups in total. The molecule has 6 nitrogen and oxygen atoms in total. The molecule has 1 aromatic heterocycles. The number of pyridine rings is 1. The second-order valence-corrected chi connectivity index (χ2v) is 7.19. The number of hydrogen-bond donors (Lipinski definition) is 0. The summed E-state index contributed by atoms with van der Waals surface area (Å²) in [6, 6.07) is 12.5. The molecule has 0 bridgehead atoms. The normalized spacial score (nSPS) is 17.1. The molecule has 1 amide bonds. The minimum absolute atomic E-state index is 0.268. The number of likely N-dealkylation sites (tertiary alicyclic amines) is 1. The zero-order chi connectivity index (χ0) is 20.8. The molecule has 1 unspecified atom stereocenters. The van der Waals surface area contributed by atoms with Crippen LogP contribution in [-0.2, 0) is 14.3 Å². The van der Waals surface area contributed by atoms with E-state index in [9.17, 15) is 14.4 Å². The van der Waals surface area contributed by atoms with Gasteiger partial charge in [-0.1, -0.05) is 35.9 Å². The van der Waals surface area contributed by atoms with Gasteiger partial charge in [-0.3, -0.25) is 19.0 Å². The second-order valence-electron chi connectivity index (χ2n) is 7.19. The van der Waals surface area contributed by atoms with Gasteiger partial charge in [-0.25, -0.2) is 0 Å². The largest absolute Gasteiger partial charge is 0.466 e. The Kier molecular flexibility index (Phi) is 6.65. The second kappa shape index (κ2) is 9.37. The molecule has 152 valence electrons. The first kappa shape index (κ1) is 20.6. The molecular weight excluding hydrogens is 368 g/mol. The van der Waals surface area contributed by atoms with Gasteiger partial charge >= 0.3 is 5.97 Å². The summed E-state index contributed by atoms with van der Waals surface area (Å²) in [5, 5.41) is 0. The molecule has 1 saturated heterocycles. The zero-order valence-corrected chi connectivity index (χ0v) is 16.8. The third-order valence-electron chi connectivity index (χ3n) is 5.01. The van der Waals surface area contributed by atoms with Crippen LogP contribution in [0.3, 0.4) is 0 Å². The van der Waals surface area contributed by atoms with Crippen LogP contribution in [0.5, 0.6) is 0 Å². The zero-order valence-electron chi connectivity index (χ0n) is 16.8. The SMILES string of the molecule is CCOC(=O)C1CCCN(C(=O)/C(=C\c2ccc(C)cc2)n2ccccc2=O)C1. The summed E-state index contributed by atoms with van der Waals surface area (Å²) in [4.78, 5) is 39.6. The molecule has 1 aliphatic rings. The van der Waals surface area contributed by atoms with Gasteiger partial charge in [0.05, 0.1) is 12.5 Å². The fraction of sp³-hybridized carbons (Fsp3) is 0.348. The van der Waals surface area contributed by atoms with Crippen LogP contribution in [0.1, 0.15) is 30.9 Å². The molecule has 0 spiro atoms. The van der Waals surface area contributed by atoms with Gasteiger partial charge in [-0.2, -0.15) is 0 Å². The number of carbonyl (C=O) groups is 2. The van der Waals surface area contributed by atoms with Crippen molar-refractivity contribution in [1.29, 1.82) is 0 Å². The molecule has 1 aliphatic heterocycles. The minimum Gasteiger partial charge on any atom is -0.466 e. The number of rotatable bonds is 5. The molecule has 3 rings (SSSR count). The lowest BCUT2D eigenvalue weighted by Gasteiger charge is -2.32. The van der Waals surface area contributed by atoms with E-state index in [0.717, 1.165) is 17.5 Å². The number of aromatic nitrogens is 1. The Morgan fingerprint density at radius 1 is 1.17 bits per heavy atom. The van der Waals surface area contributed by atoms with E-state index in [1.54, 1.807) is 36.2 Å². The first-order valence-corrected chi connectivity index (χ1v) is 9.92. The molecule has 29 heavy (non-hydrogen) atoms. The van der Waals surface area contributed by atoms with Crippen molar-refractivity contribution in [2.75, 3.05) is 19.7 Å². The third-order valence-corrected chi connectivity index (χ3v) is 5.01. The average Bonchev–Trinajstić information content (AvgIpc) is 2.74. The molecule has 0 radical (unpaired) electrons. The van der Waals surface area contributed by atoms with Crippen LogP contribution in [0, 0.1) is 12.8 Å². The Morgan fingerprint density at radius 2 is 1.93 bits per heavy atom. The summed E-state index contributed by atoms with van der Waals surface area (Å²) in [6.45, 7) is 4.92. The summed E-state index contributed by atoms with van der Waals surface area (Å²) in [5.41, 5.74) is 1.93. The highest BCUT2D eigenvalue weighted by atomic mass is 16.5. The average molecular weight is 394 g/mol. The Bertz CT molecular complexity index is 959. The van der Waals surface area contributed by atoms with Crippen LogP contribution in [0.4, 0.5) is 0 Å². The van der Waals surface area contributed by atoms with Crippen LogP contribution in [0.25, 0.3) is 11.8 Å². The first-order chi connectivity index (χ1) is 14.0. The summed E-state index contributed by atoms with van der Waals surface area (Å²) in [7, 11) is 0. The van der Waals surface area contributed by atoms with E-state index in [-0.39, 0.29) is 29.1 Å². The number of esters is 1. The van der Waals surface area contributed by atoms with E-state index in [1.807, 2.05) is 31.2 Å². The van der Waals surface area contributed by atoms with Crippen LogP contribution in [0.15, 0.2) is 53.5 Å². The lowest BCUT2D eigenvalue weighted by Crippen LogP contribution is -2.44. The summed E-state index contributed by atoms with van der Waals surface area (Å²) in [6.07, 6.45) is 4.73. The smallest absolute Gasteiger partial charge is 0.310 e. The number of nitrogens with zero attached hydrogens (tertiary/aromatic N) is 2. The molecule has 2 aromatic rings.